The Morgan fingerprint density at radius 2 is 2.25 bits per heavy atom. The molecule has 0 aromatic rings. The van der Waals surface area contributed by atoms with Crippen molar-refractivity contribution in [3.63, 3.8) is 0 Å². The van der Waals surface area contributed by atoms with E-state index in [9.17, 15) is 0 Å². The van der Waals surface area contributed by atoms with E-state index in [2.05, 4.69) is 25.2 Å². The average molecular weight is 188 g/mol. The van der Waals surface area contributed by atoms with Gasteiger partial charge in [-0.05, 0) is 38.2 Å². The lowest BCUT2D eigenvalue weighted by Gasteiger charge is -2.14. The summed E-state index contributed by atoms with van der Waals surface area (Å²) in [5.41, 5.74) is 4.07. The minimum absolute atomic E-state index is 0.453. The Balaban J connectivity index is 3.45. The summed E-state index contributed by atoms with van der Waals surface area (Å²) in [4.78, 5) is 0. The summed E-state index contributed by atoms with van der Waals surface area (Å²) in [5.74, 6) is 6.58. The lowest BCUT2D eigenvalue weighted by molar-refractivity contribution is 0.483. The molecule has 2 nitrogen and oxygen atoms in total. The second-order valence-electron chi connectivity index (χ2n) is 3.14. The SMILES string of the molecule is C=C(C)CCC(CCSC)NN. The largest absolute Gasteiger partial charge is 0.271 e. The van der Waals surface area contributed by atoms with E-state index < -0.39 is 0 Å². The Hall–Kier alpha value is 0.01000. The van der Waals surface area contributed by atoms with Gasteiger partial charge >= 0.3 is 0 Å². The Labute approximate surface area is 80.0 Å². The van der Waals surface area contributed by atoms with Gasteiger partial charge in [-0.25, -0.2) is 0 Å². The van der Waals surface area contributed by atoms with Gasteiger partial charge in [0.2, 0.25) is 0 Å². The molecule has 0 aliphatic carbocycles. The average Bonchev–Trinajstić information content (AvgIpc) is 2.05. The van der Waals surface area contributed by atoms with Gasteiger partial charge in [-0.15, -0.1) is 6.58 Å². The lowest BCUT2D eigenvalue weighted by Crippen LogP contribution is -2.35. The first-order chi connectivity index (χ1) is 5.70. The quantitative estimate of drug-likeness (QED) is 0.364. The van der Waals surface area contributed by atoms with Crippen molar-refractivity contribution in [2.75, 3.05) is 12.0 Å². The number of thioether (sulfide) groups is 1. The van der Waals surface area contributed by atoms with Crippen LogP contribution in [0.1, 0.15) is 26.2 Å². The molecule has 0 aliphatic heterocycles. The van der Waals surface area contributed by atoms with Crippen LogP contribution >= 0.6 is 11.8 Å². The third-order valence-electron chi connectivity index (χ3n) is 1.83. The van der Waals surface area contributed by atoms with Gasteiger partial charge < -0.3 is 0 Å². The van der Waals surface area contributed by atoms with Crippen LogP contribution in [0.3, 0.4) is 0 Å². The van der Waals surface area contributed by atoms with Crippen LogP contribution in [-0.4, -0.2) is 18.1 Å². The summed E-state index contributed by atoms with van der Waals surface area (Å²) in [6.45, 7) is 5.93. The maximum Gasteiger partial charge on any atom is 0.0221 e. The fraction of sp³-hybridized carbons (Fsp3) is 0.778. The number of rotatable bonds is 7. The third kappa shape index (κ3) is 6.70. The number of hydrogen-bond donors (Lipinski definition) is 2. The first-order valence-electron chi connectivity index (χ1n) is 4.30. The molecule has 0 aromatic carbocycles. The first kappa shape index (κ1) is 12.0. The molecule has 0 rings (SSSR count). The van der Waals surface area contributed by atoms with E-state index in [1.165, 1.54) is 11.3 Å². The number of hydrazine groups is 1. The van der Waals surface area contributed by atoms with Crippen LogP contribution in [0, 0.1) is 0 Å². The molecule has 0 heterocycles. The van der Waals surface area contributed by atoms with Gasteiger partial charge in [0.05, 0.1) is 0 Å². The normalized spacial score (nSPS) is 12.9. The third-order valence-corrected chi connectivity index (χ3v) is 2.47. The van der Waals surface area contributed by atoms with Gasteiger partial charge in [-0.3, -0.25) is 11.3 Å². The van der Waals surface area contributed by atoms with E-state index in [1.807, 2.05) is 11.8 Å². The number of nitrogens with two attached hydrogens (primary N) is 1. The molecule has 0 aromatic heterocycles. The highest BCUT2D eigenvalue weighted by atomic mass is 32.2. The van der Waals surface area contributed by atoms with Crippen molar-refractivity contribution in [1.29, 1.82) is 0 Å². The zero-order valence-corrected chi connectivity index (χ0v) is 8.91. The summed E-state index contributed by atoms with van der Waals surface area (Å²) >= 11 is 1.86. The monoisotopic (exact) mass is 188 g/mol. The van der Waals surface area contributed by atoms with Crippen molar-refractivity contribution in [3.8, 4) is 0 Å². The van der Waals surface area contributed by atoms with Crippen molar-refractivity contribution in [3.05, 3.63) is 12.2 Å². The van der Waals surface area contributed by atoms with Crippen LogP contribution < -0.4 is 11.3 Å². The fourth-order valence-electron chi connectivity index (χ4n) is 0.992. The smallest absolute Gasteiger partial charge is 0.0221 e. The van der Waals surface area contributed by atoms with Crippen LogP contribution in [0.2, 0.25) is 0 Å². The molecule has 0 radical (unpaired) electrons. The van der Waals surface area contributed by atoms with Crippen LogP contribution in [0.4, 0.5) is 0 Å². The van der Waals surface area contributed by atoms with Gasteiger partial charge in [-0.1, -0.05) is 5.57 Å². The highest BCUT2D eigenvalue weighted by molar-refractivity contribution is 7.98. The van der Waals surface area contributed by atoms with Crippen LogP contribution in [0.5, 0.6) is 0 Å². The van der Waals surface area contributed by atoms with Crippen LogP contribution in [-0.2, 0) is 0 Å². The molecule has 1 atom stereocenters. The summed E-state index contributed by atoms with van der Waals surface area (Å²) < 4.78 is 0. The topological polar surface area (TPSA) is 38.0 Å². The minimum Gasteiger partial charge on any atom is -0.271 e. The molecule has 0 amide bonds. The van der Waals surface area contributed by atoms with E-state index in [0.29, 0.717) is 6.04 Å². The molecule has 3 heteroatoms. The summed E-state index contributed by atoms with van der Waals surface area (Å²) in [6.07, 6.45) is 5.44. The lowest BCUT2D eigenvalue weighted by atomic mass is 10.1. The van der Waals surface area contributed by atoms with Gasteiger partial charge in [0.1, 0.15) is 0 Å². The van der Waals surface area contributed by atoms with Crippen molar-refractivity contribution in [2.24, 2.45) is 5.84 Å². The van der Waals surface area contributed by atoms with E-state index in [-0.39, 0.29) is 0 Å². The zero-order chi connectivity index (χ0) is 9.40. The highest BCUT2D eigenvalue weighted by Gasteiger charge is 2.04. The first-order valence-corrected chi connectivity index (χ1v) is 5.69. The molecule has 12 heavy (non-hydrogen) atoms. The molecule has 1 unspecified atom stereocenters. The molecular weight excluding hydrogens is 168 g/mol. The minimum atomic E-state index is 0.453. The fourth-order valence-corrected chi connectivity index (χ4v) is 1.51. The molecule has 3 N–H and O–H groups in total. The van der Waals surface area contributed by atoms with Crippen molar-refractivity contribution < 1.29 is 0 Å². The van der Waals surface area contributed by atoms with Crippen molar-refractivity contribution >= 4 is 11.8 Å². The van der Waals surface area contributed by atoms with Gasteiger partial charge in [-0.2, -0.15) is 11.8 Å². The molecule has 0 aliphatic rings. The summed E-state index contributed by atoms with van der Waals surface area (Å²) in [6, 6.07) is 0.453. The van der Waals surface area contributed by atoms with Crippen LogP contribution in [0.15, 0.2) is 12.2 Å². The number of hydrogen-bond acceptors (Lipinski definition) is 3. The Morgan fingerprint density at radius 3 is 2.67 bits per heavy atom. The van der Waals surface area contributed by atoms with E-state index in [0.717, 1.165) is 19.3 Å². The van der Waals surface area contributed by atoms with Crippen LogP contribution in [0.25, 0.3) is 0 Å². The standard InChI is InChI=1S/C9H20N2S/c1-8(2)4-5-9(11-10)6-7-12-3/h9,11H,1,4-7,10H2,2-3H3. The van der Waals surface area contributed by atoms with Crippen molar-refractivity contribution in [2.45, 2.75) is 32.2 Å². The predicted octanol–water partition coefficient (Wildman–Crippen LogP) is 1.93. The summed E-state index contributed by atoms with van der Waals surface area (Å²) in [5, 5.41) is 0. The number of allylic oxidation sites excluding steroid dienone is 1. The maximum atomic E-state index is 5.41. The highest BCUT2D eigenvalue weighted by Crippen LogP contribution is 2.09. The molecule has 0 saturated heterocycles. The van der Waals surface area contributed by atoms with E-state index in [1.54, 1.807) is 0 Å². The predicted molar refractivity (Wildman–Crippen MR) is 58.2 cm³/mol. The Kier molecular flexibility index (Phi) is 7.65. The molecule has 0 fully saturated rings. The molecule has 0 saturated carbocycles. The van der Waals surface area contributed by atoms with E-state index in [4.69, 9.17) is 5.84 Å². The Bertz CT molecular complexity index is 126. The number of nitrogens with one attached hydrogen (secondary N) is 1. The van der Waals surface area contributed by atoms with Crippen molar-refractivity contribution in [1.82, 2.24) is 5.43 Å². The molecule has 0 bridgehead atoms. The zero-order valence-electron chi connectivity index (χ0n) is 8.10. The Morgan fingerprint density at radius 1 is 1.58 bits per heavy atom. The molecule has 0 spiro atoms. The second-order valence-corrected chi connectivity index (χ2v) is 4.13. The van der Waals surface area contributed by atoms with Gasteiger partial charge in [0.25, 0.3) is 0 Å². The molecule has 72 valence electrons. The second kappa shape index (κ2) is 7.65. The summed E-state index contributed by atoms with van der Waals surface area (Å²) in [7, 11) is 0. The van der Waals surface area contributed by atoms with Gasteiger partial charge in [0, 0.05) is 6.04 Å². The van der Waals surface area contributed by atoms with Gasteiger partial charge in [0.15, 0.2) is 0 Å². The molecular formula is C9H20N2S. The van der Waals surface area contributed by atoms with E-state index >= 15 is 0 Å². The maximum absolute atomic E-state index is 5.41.